The summed E-state index contributed by atoms with van der Waals surface area (Å²) >= 11 is 0. The van der Waals surface area contributed by atoms with Crippen LogP contribution in [0.1, 0.15) is 62.5 Å². The van der Waals surface area contributed by atoms with Crippen molar-refractivity contribution >= 4 is 23.2 Å². The zero-order chi connectivity index (χ0) is 18.2. The minimum atomic E-state index is -0.107. The lowest BCUT2D eigenvalue weighted by atomic mass is 9.49. The summed E-state index contributed by atoms with van der Waals surface area (Å²) in [5, 5.41) is 3.33. The lowest BCUT2D eigenvalue weighted by Crippen LogP contribution is -2.51. The van der Waals surface area contributed by atoms with Crippen LogP contribution < -0.4 is 10.2 Å². The van der Waals surface area contributed by atoms with Gasteiger partial charge in [-0.15, -0.1) is 0 Å². The molecule has 4 aliphatic carbocycles. The quantitative estimate of drug-likeness (QED) is 0.860. The molecular formula is C23H28N2O2. The molecule has 4 nitrogen and oxygen atoms in total. The van der Waals surface area contributed by atoms with E-state index in [-0.39, 0.29) is 17.2 Å². The molecule has 142 valence electrons. The van der Waals surface area contributed by atoms with Gasteiger partial charge in [-0.25, -0.2) is 0 Å². The Morgan fingerprint density at radius 1 is 0.963 bits per heavy atom. The van der Waals surface area contributed by atoms with Gasteiger partial charge in [-0.2, -0.15) is 0 Å². The fourth-order valence-electron chi connectivity index (χ4n) is 7.38. The number of nitrogens with one attached hydrogen (secondary N) is 1. The van der Waals surface area contributed by atoms with Crippen molar-refractivity contribution in [3.05, 3.63) is 23.3 Å². The van der Waals surface area contributed by atoms with Crippen LogP contribution in [0.2, 0.25) is 0 Å². The SMILES string of the molecule is O=C1CCc2cc(NC(=O)C34CC5CC(CC(C5)C3)C4)cc3c2N1CCC3. The summed E-state index contributed by atoms with van der Waals surface area (Å²) in [7, 11) is 0. The van der Waals surface area contributed by atoms with E-state index in [9.17, 15) is 9.59 Å². The van der Waals surface area contributed by atoms with E-state index in [2.05, 4.69) is 17.4 Å². The lowest BCUT2D eigenvalue weighted by molar-refractivity contribution is -0.140. The summed E-state index contributed by atoms with van der Waals surface area (Å²) in [5.41, 5.74) is 4.48. The van der Waals surface area contributed by atoms with Crippen molar-refractivity contribution in [3.63, 3.8) is 0 Å². The Morgan fingerprint density at radius 2 is 1.59 bits per heavy atom. The molecular weight excluding hydrogens is 336 g/mol. The molecule has 0 unspecified atom stereocenters. The van der Waals surface area contributed by atoms with Gasteiger partial charge in [0.25, 0.3) is 0 Å². The van der Waals surface area contributed by atoms with Crippen LogP contribution in [0, 0.1) is 23.2 Å². The molecule has 1 N–H and O–H groups in total. The van der Waals surface area contributed by atoms with Crippen molar-refractivity contribution in [3.8, 4) is 0 Å². The molecule has 1 aromatic rings. The normalized spacial score (nSPS) is 35.9. The van der Waals surface area contributed by atoms with Gasteiger partial charge in [0.05, 0.1) is 11.1 Å². The van der Waals surface area contributed by atoms with Gasteiger partial charge in [0.15, 0.2) is 0 Å². The lowest BCUT2D eigenvalue weighted by Gasteiger charge is -2.55. The molecule has 0 radical (unpaired) electrons. The maximum Gasteiger partial charge on any atom is 0.230 e. The molecule has 4 saturated carbocycles. The van der Waals surface area contributed by atoms with Gasteiger partial charge >= 0.3 is 0 Å². The maximum atomic E-state index is 13.4. The molecule has 4 bridgehead atoms. The first-order valence-corrected chi connectivity index (χ1v) is 10.9. The first-order valence-electron chi connectivity index (χ1n) is 10.9. The van der Waals surface area contributed by atoms with E-state index in [4.69, 9.17) is 0 Å². The molecule has 0 atom stereocenters. The van der Waals surface area contributed by atoms with E-state index in [1.165, 1.54) is 30.4 Å². The summed E-state index contributed by atoms with van der Waals surface area (Å²) in [6.07, 6.45) is 10.8. The van der Waals surface area contributed by atoms with E-state index in [1.54, 1.807) is 0 Å². The highest BCUT2D eigenvalue weighted by Gasteiger charge is 2.54. The average molecular weight is 364 g/mol. The minimum Gasteiger partial charge on any atom is -0.326 e. The van der Waals surface area contributed by atoms with Crippen LogP contribution in [0.5, 0.6) is 0 Å². The van der Waals surface area contributed by atoms with Crippen LogP contribution in [-0.2, 0) is 22.4 Å². The van der Waals surface area contributed by atoms with Crippen LogP contribution in [0.25, 0.3) is 0 Å². The van der Waals surface area contributed by atoms with Crippen molar-refractivity contribution in [1.82, 2.24) is 0 Å². The molecule has 0 spiro atoms. The van der Waals surface area contributed by atoms with Crippen LogP contribution in [0.4, 0.5) is 11.4 Å². The van der Waals surface area contributed by atoms with E-state index in [1.807, 2.05) is 4.90 Å². The van der Waals surface area contributed by atoms with Gasteiger partial charge in [0.1, 0.15) is 0 Å². The number of carbonyl (C=O) groups is 2. The monoisotopic (exact) mass is 364 g/mol. The average Bonchev–Trinajstić information content (AvgIpc) is 2.63. The van der Waals surface area contributed by atoms with Crippen molar-refractivity contribution in [2.75, 3.05) is 16.8 Å². The first-order chi connectivity index (χ1) is 13.1. The number of aryl methyl sites for hydroxylation is 2. The Balaban J connectivity index is 1.30. The Hall–Kier alpha value is -1.84. The minimum absolute atomic E-state index is 0.107. The van der Waals surface area contributed by atoms with Crippen molar-refractivity contribution in [1.29, 1.82) is 0 Å². The Kier molecular flexibility index (Phi) is 3.34. The topological polar surface area (TPSA) is 49.4 Å². The molecule has 2 heterocycles. The van der Waals surface area contributed by atoms with Crippen LogP contribution in [0.15, 0.2) is 12.1 Å². The number of rotatable bonds is 2. The van der Waals surface area contributed by atoms with Gasteiger partial charge < -0.3 is 10.2 Å². The van der Waals surface area contributed by atoms with Crippen molar-refractivity contribution in [2.24, 2.45) is 23.2 Å². The number of carbonyl (C=O) groups excluding carboxylic acids is 2. The van der Waals surface area contributed by atoms with E-state index in [0.717, 1.165) is 74.2 Å². The van der Waals surface area contributed by atoms with E-state index < -0.39 is 0 Å². The molecule has 1 aromatic carbocycles. The molecule has 7 rings (SSSR count). The van der Waals surface area contributed by atoms with Gasteiger partial charge in [-0.3, -0.25) is 9.59 Å². The summed E-state index contributed by atoms with van der Waals surface area (Å²) in [6.45, 7) is 0.845. The second kappa shape index (κ2) is 5.59. The number of nitrogens with zero attached hydrogens (tertiary/aromatic N) is 1. The fraction of sp³-hybridized carbons (Fsp3) is 0.652. The number of hydrogen-bond donors (Lipinski definition) is 1. The smallest absolute Gasteiger partial charge is 0.230 e. The highest BCUT2D eigenvalue weighted by molar-refractivity contribution is 6.00. The third-order valence-electron chi connectivity index (χ3n) is 8.05. The van der Waals surface area contributed by atoms with Gasteiger partial charge in [-0.1, -0.05) is 0 Å². The second-order valence-corrected chi connectivity index (χ2v) is 9.94. The predicted octanol–water partition coefficient (Wildman–Crippen LogP) is 4.07. The first kappa shape index (κ1) is 16.1. The number of amides is 2. The third-order valence-corrected chi connectivity index (χ3v) is 8.05. The molecule has 27 heavy (non-hydrogen) atoms. The summed E-state index contributed by atoms with van der Waals surface area (Å²) < 4.78 is 0. The summed E-state index contributed by atoms with van der Waals surface area (Å²) in [5.74, 6) is 2.88. The summed E-state index contributed by atoms with van der Waals surface area (Å²) in [4.78, 5) is 27.6. The van der Waals surface area contributed by atoms with Crippen molar-refractivity contribution < 1.29 is 9.59 Å². The Bertz CT molecular complexity index is 790. The number of hydrogen-bond acceptors (Lipinski definition) is 2. The standard InChI is InChI=1S/C23H28N2O2/c26-20-4-3-18-10-19(9-17-2-1-5-25(20)21(17)18)24-22(27)23-11-14-6-15(12-23)8-16(7-14)13-23/h9-10,14-16H,1-8,11-13H2,(H,24,27). The second-order valence-electron chi connectivity index (χ2n) is 9.94. The molecule has 2 aliphatic heterocycles. The third kappa shape index (κ3) is 2.41. The molecule has 0 aromatic heterocycles. The predicted molar refractivity (Wildman–Crippen MR) is 105 cm³/mol. The van der Waals surface area contributed by atoms with Crippen molar-refractivity contribution in [2.45, 2.75) is 64.2 Å². The van der Waals surface area contributed by atoms with E-state index >= 15 is 0 Å². The highest BCUT2D eigenvalue weighted by Crippen LogP contribution is 2.60. The number of benzene rings is 1. The zero-order valence-electron chi connectivity index (χ0n) is 15.9. The Labute approximate surface area is 160 Å². The highest BCUT2D eigenvalue weighted by atomic mass is 16.2. The Morgan fingerprint density at radius 3 is 2.26 bits per heavy atom. The van der Waals surface area contributed by atoms with E-state index in [0.29, 0.717) is 6.42 Å². The molecule has 4 heteroatoms. The van der Waals surface area contributed by atoms with Crippen LogP contribution in [0.3, 0.4) is 0 Å². The van der Waals surface area contributed by atoms with Crippen LogP contribution in [-0.4, -0.2) is 18.4 Å². The van der Waals surface area contributed by atoms with Gasteiger partial charge in [0, 0.05) is 18.7 Å². The molecule has 2 amide bonds. The fourth-order valence-corrected chi connectivity index (χ4v) is 7.38. The zero-order valence-corrected chi connectivity index (χ0v) is 15.9. The number of anilines is 2. The summed E-state index contributed by atoms with van der Waals surface area (Å²) in [6, 6.07) is 4.28. The van der Waals surface area contributed by atoms with Gasteiger partial charge in [-0.05, 0) is 98.8 Å². The van der Waals surface area contributed by atoms with Gasteiger partial charge in [0.2, 0.25) is 11.8 Å². The largest absolute Gasteiger partial charge is 0.326 e. The molecule has 4 fully saturated rings. The van der Waals surface area contributed by atoms with Crippen LogP contribution >= 0.6 is 0 Å². The maximum absolute atomic E-state index is 13.4. The molecule has 6 aliphatic rings. The molecule has 0 saturated heterocycles.